The van der Waals surface area contributed by atoms with Gasteiger partial charge in [-0.05, 0) is 31.2 Å². The number of rotatable bonds is 6. The number of non-ortho nitro benzene ring substituents is 1. The number of hydrogen-bond donors (Lipinski definition) is 1. The van der Waals surface area contributed by atoms with E-state index in [2.05, 4.69) is 11.9 Å². The molecule has 128 valence electrons. The van der Waals surface area contributed by atoms with Crippen LogP contribution in [0.3, 0.4) is 0 Å². The van der Waals surface area contributed by atoms with Gasteiger partial charge >= 0.3 is 0 Å². The van der Waals surface area contributed by atoms with Crippen LogP contribution in [0.1, 0.15) is 31.2 Å². The summed E-state index contributed by atoms with van der Waals surface area (Å²) in [6.07, 6.45) is 6.27. The van der Waals surface area contributed by atoms with Crippen LogP contribution in [0.15, 0.2) is 36.9 Å². The van der Waals surface area contributed by atoms with Crippen molar-refractivity contribution in [2.75, 3.05) is 6.54 Å². The second-order valence-electron chi connectivity index (χ2n) is 6.70. The van der Waals surface area contributed by atoms with E-state index in [0.717, 1.165) is 12.8 Å². The van der Waals surface area contributed by atoms with Gasteiger partial charge in [-0.3, -0.25) is 14.9 Å². The Morgan fingerprint density at radius 1 is 1.38 bits per heavy atom. The number of carbonyl (C=O) groups excluding carboxylic acids is 1. The lowest BCUT2D eigenvalue weighted by Crippen LogP contribution is -2.50. The van der Waals surface area contributed by atoms with Crippen molar-refractivity contribution in [3.63, 3.8) is 0 Å². The molecule has 0 spiro atoms. The highest BCUT2D eigenvalue weighted by Gasteiger charge is 2.37. The van der Waals surface area contributed by atoms with E-state index >= 15 is 0 Å². The van der Waals surface area contributed by atoms with Gasteiger partial charge in [-0.25, -0.2) is 0 Å². The van der Waals surface area contributed by atoms with Gasteiger partial charge in [0.15, 0.2) is 0 Å². The maximum atomic E-state index is 12.8. The highest BCUT2D eigenvalue weighted by molar-refractivity contribution is 5.79. The lowest BCUT2D eigenvalue weighted by Gasteiger charge is -2.37. The molecule has 6 heteroatoms. The first-order valence-electron chi connectivity index (χ1n) is 8.46. The van der Waals surface area contributed by atoms with Crippen molar-refractivity contribution >= 4 is 11.6 Å². The molecule has 1 aromatic carbocycles. The first kappa shape index (κ1) is 16.6. The number of hydrogen-bond acceptors (Lipinski definition) is 4. The lowest BCUT2D eigenvalue weighted by molar-refractivity contribution is -0.384. The average molecular weight is 329 g/mol. The third-order valence-electron chi connectivity index (χ3n) is 5.01. The van der Waals surface area contributed by atoms with Gasteiger partial charge in [0.05, 0.1) is 11.3 Å². The molecule has 2 heterocycles. The number of amides is 1. The first-order valence-corrected chi connectivity index (χ1v) is 8.46. The van der Waals surface area contributed by atoms with E-state index in [-0.39, 0.29) is 24.1 Å². The number of nitrogens with zero attached hydrogens (tertiary/aromatic N) is 2. The van der Waals surface area contributed by atoms with E-state index < -0.39 is 4.92 Å². The Morgan fingerprint density at radius 3 is 2.71 bits per heavy atom. The van der Waals surface area contributed by atoms with Crippen LogP contribution in [0.4, 0.5) is 5.69 Å². The van der Waals surface area contributed by atoms with Crippen LogP contribution in [0, 0.1) is 10.1 Å². The number of nitro groups is 1. The summed E-state index contributed by atoms with van der Waals surface area (Å²) in [5, 5.41) is 14.5. The van der Waals surface area contributed by atoms with E-state index in [4.69, 9.17) is 0 Å². The van der Waals surface area contributed by atoms with E-state index in [1.54, 1.807) is 18.2 Å². The Kier molecular flexibility index (Phi) is 4.94. The van der Waals surface area contributed by atoms with Gasteiger partial charge in [-0.1, -0.05) is 18.2 Å². The lowest BCUT2D eigenvalue weighted by atomic mass is 9.97. The normalized spacial score (nSPS) is 25.2. The molecule has 1 aromatic rings. The highest BCUT2D eigenvalue weighted by atomic mass is 16.6. The number of carbonyl (C=O) groups is 1. The highest BCUT2D eigenvalue weighted by Crippen LogP contribution is 2.30. The molecule has 0 radical (unpaired) electrons. The second-order valence-corrected chi connectivity index (χ2v) is 6.70. The fraction of sp³-hybridized carbons (Fsp3) is 0.500. The van der Waals surface area contributed by atoms with E-state index in [1.165, 1.54) is 25.0 Å². The molecule has 2 aliphatic rings. The summed E-state index contributed by atoms with van der Waals surface area (Å²) in [6, 6.07) is 7.56. The van der Waals surface area contributed by atoms with Crippen molar-refractivity contribution in [1.82, 2.24) is 10.2 Å². The third kappa shape index (κ3) is 3.64. The summed E-state index contributed by atoms with van der Waals surface area (Å²) < 4.78 is 0. The molecule has 24 heavy (non-hydrogen) atoms. The molecule has 3 atom stereocenters. The number of piperidine rings is 1. The summed E-state index contributed by atoms with van der Waals surface area (Å²) in [6.45, 7) is 4.30. The monoisotopic (exact) mass is 329 g/mol. The van der Waals surface area contributed by atoms with Gasteiger partial charge in [-0.15, -0.1) is 6.58 Å². The van der Waals surface area contributed by atoms with Crippen molar-refractivity contribution in [3.8, 4) is 0 Å². The largest absolute Gasteiger partial charge is 0.336 e. The van der Waals surface area contributed by atoms with Crippen LogP contribution in [0.25, 0.3) is 0 Å². The van der Waals surface area contributed by atoms with Crippen molar-refractivity contribution < 1.29 is 9.72 Å². The summed E-state index contributed by atoms with van der Waals surface area (Å²) in [7, 11) is 0. The maximum absolute atomic E-state index is 12.8. The molecule has 2 fully saturated rings. The van der Waals surface area contributed by atoms with E-state index in [1.807, 2.05) is 4.90 Å². The molecule has 2 bridgehead atoms. The SMILES string of the molecule is C=CCN(C(=O)Cc1cccc([N+](=O)[O-])c1)C1C[C@H]2CC[C@@H](C1)N2. The molecule has 1 amide bonds. The minimum atomic E-state index is -0.431. The molecule has 1 N–H and O–H groups in total. The Hall–Kier alpha value is -2.21. The quantitative estimate of drug-likeness (QED) is 0.494. The van der Waals surface area contributed by atoms with Crippen molar-refractivity contribution in [2.45, 2.75) is 50.2 Å². The summed E-state index contributed by atoms with van der Waals surface area (Å²) >= 11 is 0. The molecular formula is C18H23N3O3. The molecular weight excluding hydrogens is 306 g/mol. The van der Waals surface area contributed by atoms with Gasteiger partial charge in [0.1, 0.15) is 0 Å². The second kappa shape index (κ2) is 7.13. The van der Waals surface area contributed by atoms with Gasteiger partial charge in [0, 0.05) is 36.8 Å². The number of nitrogens with one attached hydrogen (secondary N) is 1. The molecule has 3 rings (SSSR count). The first-order chi connectivity index (χ1) is 11.6. The van der Waals surface area contributed by atoms with Crippen LogP contribution in [0.5, 0.6) is 0 Å². The molecule has 1 unspecified atom stereocenters. The third-order valence-corrected chi connectivity index (χ3v) is 5.01. The van der Waals surface area contributed by atoms with Crippen molar-refractivity contribution in [3.05, 3.63) is 52.6 Å². The minimum Gasteiger partial charge on any atom is -0.336 e. The Morgan fingerprint density at radius 2 is 2.08 bits per heavy atom. The maximum Gasteiger partial charge on any atom is 0.269 e. The van der Waals surface area contributed by atoms with Gasteiger partial charge in [0.25, 0.3) is 5.69 Å². The van der Waals surface area contributed by atoms with Crippen LogP contribution in [0.2, 0.25) is 0 Å². The predicted molar refractivity (Wildman–Crippen MR) is 91.7 cm³/mol. The topological polar surface area (TPSA) is 75.5 Å². The van der Waals surface area contributed by atoms with Gasteiger partial charge in [0.2, 0.25) is 5.91 Å². The van der Waals surface area contributed by atoms with Crippen LogP contribution >= 0.6 is 0 Å². The molecule has 0 aliphatic carbocycles. The zero-order valence-electron chi connectivity index (χ0n) is 13.7. The van der Waals surface area contributed by atoms with E-state index in [0.29, 0.717) is 24.2 Å². The fourth-order valence-corrected chi connectivity index (χ4v) is 3.93. The van der Waals surface area contributed by atoms with Gasteiger partial charge in [-0.2, -0.15) is 0 Å². The van der Waals surface area contributed by atoms with E-state index in [9.17, 15) is 14.9 Å². The molecule has 0 saturated carbocycles. The molecule has 2 saturated heterocycles. The smallest absolute Gasteiger partial charge is 0.269 e. The Balaban J connectivity index is 1.71. The Labute approximate surface area is 141 Å². The summed E-state index contributed by atoms with van der Waals surface area (Å²) in [5.74, 6) is 0.0155. The van der Waals surface area contributed by atoms with Crippen LogP contribution < -0.4 is 5.32 Å². The number of nitro benzene ring substituents is 1. The van der Waals surface area contributed by atoms with Crippen molar-refractivity contribution in [2.24, 2.45) is 0 Å². The molecule has 0 aromatic heterocycles. The van der Waals surface area contributed by atoms with Gasteiger partial charge < -0.3 is 10.2 Å². The zero-order chi connectivity index (χ0) is 17.1. The fourth-order valence-electron chi connectivity index (χ4n) is 3.93. The summed E-state index contributed by atoms with van der Waals surface area (Å²) in [5.41, 5.74) is 0.704. The average Bonchev–Trinajstić information content (AvgIpc) is 2.90. The molecule has 2 aliphatic heterocycles. The number of benzene rings is 1. The summed E-state index contributed by atoms with van der Waals surface area (Å²) in [4.78, 5) is 25.2. The molecule has 6 nitrogen and oxygen atoms in total. The minimum absolute atomic E-state index is 0.0155. The van der Waals surface area contributed by atoms with Crippen molar-refractivity contribution in [1.29, 1.82) is 0 Å². The predicted octanol–water partition coefficient (Wildman–Crippen LogP) is 2.43. The Bertz CT molecular complexity index is 634. The number of fused-ring (bicyclic) bond motifs is 2. The standard InChI is InChI=1S/C18H23N3O3/c1-2-8-20(17-11-14-6-7-15(12-17)19-14)18(22)10-13-4-3-5-16(9-13)21(23)24/h2-5,9,14-15,17,19H,1,6-8,10-12H2/t14-,15+,17?. The zero-order valence-corrected chi connectivity index (χ0v) is 13.7. The van der Waals surface area contributed by atoms with Crippen LogP contribution in [-0.2, 0) is 11.2 Å². The van der Waals surface area contributed by atoms with Crippen LogP contribution in [-0.4, -0.2) is 40.4 Å².